The maximum absolute atomic E-state index is 13.6. The number of carbonyl (C=O) groups is 1. The second kappa shape index (κ2) is 12.3. The van der Waals surface area contributed by atoms with Gasteiger partial charge in [0, 0.05) is 29.2 Å². The number of alkyl halides is 3. The molecule has 4 aromatic carbocycles. The van der Waals surface area contributed by atoms with Crippen molar-refractivity contribution in [1.82, 2.24) is 20.3 Å². The average Bonchev–Trinajstić information content (AvgIpc) is 3.60. The molecule has 4 N–H and O–H groups in total. The Kier molecular flexibility index (Phi) is 8.35. The first-order valence-electron chi connectivity index (χ1n) is 13.1. The molecule has 2 aromatic heterocycles. The fourth-order valence-electron chi connectivity index (χ4n) is 4.56. The minimum atomic E-state index is -5.08. The number of imidazole rings is 1. The Morgan fingerprint density at radius 3 is 2.33 bits per heavy atom. The second-order valence-corrected chi connectivity index (χ2v) is 9.61. The number of nitrogens with zero attached hydrogens (tertiary/aromatic N) is 1. The third-order valence-corrected chi connectivity index (χ3v) is 6.68. The summed E-state index contributed by atoms with van der Waals surface area (Å²) in [5.74, 6) is -2.08. The zero-order valence-electron chi connectivity index (χ0n) is 22.2. The van der Waals surface area contributed by atoms with Crippen LogP contribution in [0.5, 0.6) is 0 Å². The van der Waals surface area contributed by atoms with Gasteiger partial charge in [-0.25, -0.2) is 14.2 Å². The number of halogens is 4. The number of hydrogen-bond acceptors (Lipinski definition) is 3. The van der Waals surface area contributed by atoms with E-state index in [1.807, 2.05) is 30.5 Å². The van der Waals surface area contributed by atoms with Crippen LogP contribution in [0, 0.1) is 5.82 Å². The van der Waals surface area contributed by atoms with Gasteiger partial charge in [-0.15, -0.1) is 0 Å². The van der Waals surface area contributed by atoms with Crippen LogP contribution in [0.25, 0.3) is 44.5 Å². The van der Waals surface area contributed by atoms with Crippen molar-refractivity contribution >= 4 is 27.9 Å². The van der Waals surface area contributed by atoms with Gasteiger partial charge in [0.15, 0.2) is 0 Å². The molecule has 6 rings (SSSR count). The zero-order valence-corrected chi connectivity index (χ0v) is 22.2. The van der Waals surface area contributed by atoms with E-state index in [2.05, 4.69) is 63.8 Å². The van der Waals surface area contributed by atoms with E-state index in [9.17, 15) is 17.6 Å². The highest BCUT2D eigenvalue weighted by atomic mass is 19.4. The SMILES string of the molecule is Fc1ccc2[nH]cc(CCNCc3ccc(-c4cccc(-c5nc6ccccc6[nH]5)c4)cc3)c2c1.O=C(O)C(F)(F)F. The van der Waals surface area contributed by atoms with E-state index >= 15 is 0 Å². The molecule has 0 saturated heterocycles. The predicted octanol–water partition coefficient (Wildman–Crippen LogP) is 7.48. The van der Waals surface area contributed by atoms with Gasteiger partial charge in [0.2, 0.25) is 0 Å². The van der Waals surface area contributed by atoms with Crippen LogP contribution in [0.15, 0.2) is 97.2 Å². The van der Waals surface area contributed by atoms with Crippen LogP contribution in [-0.2, 0) is 17.8 Å². The standard InChI is InChI=1S/C30H25FN4.C2HF3O2/c31-25-12-13-27-26(17-25)24(19-33-27)14-15-32-18-20-8-10-21(11-9-20)22-4-3-5-23(16-22)30-34-28-6-1-2-7-29(28)35-30;3-2(4,5)1(6)7/h1-13,16-17,19,32-33H,14-15,18H2,(H,34,35);(H,6,7). The summed E-state index contributed by atoms with van der Waals surface area (Å²) in [7, 11) is 0. The Morgan fingerprint density at radius 2 is 1.60 bits per heavy atom. The molecule has 6 aromatic rings. The first-order chi connectivity index (χ1) is 20.2. The van der Waals surface area contributed by atoms with E-state index in [0.29, 0.717) is 0 Å². The molecule has 2 heterocycles. The number of para-hydroxylation sites is 2. The van der Waals surface area contributed by atoms with Gasteiger partial charge in [-0.05, 0) is 71.6 Å². The summed E-state index contributed by atoms with van der Waals surface area (Å²) < 4.78 is 45.3. The number of aromatic nitrogens is 3. The zero-order chi connectivity index (χ0) is 29.7. The quantitative estimate of drug-likeness (QED) is 0.117. The van der Waals surface area contributed by atoms with Gasteiger partial charge >= 0.3 is 12.1 Å². The first-order valence-corrected chi connectivity index (χ1v) is 13.1. The Balaban J connectivity index is 0.000000451. The van der Waals surface area contributed by atoms with Crippen LogP contribution in [0.4, 0.5) is 17.6 Å². The van der Waals surface area contributed by atoms with Gasteiger partial charge in [-0.3, -0.25) is 0 Å². The number of aliphatic carboxylic acids is 1. The van der Waals surface area contributed by atoms with E-state index in [1.165, 1.54) is 17.2 Å². The van der Waals surface area contributed by atoms with Crippen molar-refractivity contribution in [2.75, 3.05) is 6.54 Å². The molecule has 0 unspecified atom stereocenters. The molecule has 0 fully saturated rings. The van der Waals surface area contributed by atoms with Crippen molar-refractivity contribution in [2.45, 2.75) is 19.1 Å². The lowest BCUT2D eigenvalue weighted by molar-refractivity contribution is -0.192. The lowest BCUT2D eigenvalue weighted by Crippen LogP contribution is -2.21. The predicted molar refractivity (Wildman–Crippen MR) is 154 cm³/mol. The summed E-state index contributed by atoms with van der Waals surface area (Å²) in [5.41, 5.74) is 8.76. The maximum atomic E-state index is 13.6. The number of fused-ring (bicyclic) bond motifs is 2. The van der Waals surface area contributed by atoms with Crippen LogP contribution in [0.3, 0.4) is 0 Å². The molecule has 0 aliphatic heterocycles. The molecular weight excluding hydrogens is 548 g/mol. The smallest absolute Gasteiger partial charge is 0.475 e. The summed E-state index contributed by atoms with van der Waals surface area (Å²) in [6, 6.07) is 30.1. The Bertz CT molecular complexity index is 1790. The van der Waals surface area contributed by atoms with E-state index in [4.69, 9.17) is 14.9 Å². The van der Waals surface area contributed by atoms with Crippen LogP contribution < -0.4 is 5.32 Å². The van der Waals surface area contributed by atoms with Crippen molar-refractivity contribution in [2.24, 2.45) is 0 Å². The molecule has 214 valence electrons. The van der Waals surface area contributed by atoms with E-state index in [0.717, 1.165) is 64.0 Å². The van der Waals surface area contributed by atoms with Crippen LogP contribution in [-0.4, -0.2) is 38.7 Å². The number of carboxylic acids is 1. The second-order valence-electron chi connectivity index (χ2n) is 9.61. The van der Waals surface area contributed by atoms with E-state index in [1.54, 1.807) is 12.1 Å². The topological polar surface area (TPSA) is 93.8 Å². The molecule has 42 heavy (non-hydrogen) atoms. The van der Waals surface area contributed by atoms with Gasteiger partial charge < -0.3 is 20.4 Å². The van der Waals surface area contributed by atoms with E-state index in [-0.39, 0.29) is 5.82 Å². The van der Waals surface area contributed by atoms with Crippen molar-refractivity contribution in [3.8, 4) is 22.5 Å². The van der Waals surface area contributed by atoms with E-state index < -0.39 is 12.1 Å². The average molecular weight is 575 g/mol. The molecule has 0 radical (unpaired) electrons. The van der Waals surface area contributed by atoms with Crippen molar-refractivity contribution in [3.05, 3.63) is 114 Å². The minimum Gasteiger partial charge on any atom is -0.475 e. The van der Waals surface area contributed by atoms with Crippen molar-refractivity contribution in [1.29, 1.82) is 0 Å². The lowest BCUT2D eigenvalue weighted by Gasteiger charge is -2.08. The molecule has 0 aliphatic carbocycles. The number of rotatable bonds is 7. The van der Waals surface area contributed by atoms with Crippen LogP contribution >= 0.6 is 0 Å². The highest BCUT2D eigenvalue weighted by molar-refractivity contribution is 5.83. The summed E-state index contributed by atoms with van der Waals surface area (Å²) >= 11 is 0. The molecule has 0 amide bonds. The number of H-pyrrole nitrogens is 2. The Hall–Kier alpha value is -4.96. The fourth-order valence-corrected chi connectivity index (χ4v) is 4.56. The molecular formula is C32H26F4N4O2. The normalized spacial score (nSPS) is 11.4. The molecule has 0 spiro atoms. The number of carboxylic acid groups (broad SMARTS) is 1. The minimum absolute atomic E-state index is 0.200. The largest absolute Gasteiger partial charge is 0.490 e. The number of benzene rings is 4. The molecule has 10 heteroatoms. The third-order valence-electron chi connectivity index (χ3n) is 6.68. The first kappa shape index (κ1) is 28.6. The molecule has 0 saturated carbocycles. The molecule has 0 atom stereocenters. The fraction of sp³-hybridized carbons (Fsp3) is 0.125. The number of nitrogens with one attached hydrogen (secondary N) is 3. The highest BCUT2D eigenvalue weighted by Gasteiger charge is 2.38. The van der Waals surface area contributed by atoms with Gasteiger partial charge in [-0.1, -0.05) is 54.6 Å². The van der Waals surface area contributed by atoms with Crippen molar-refractivity contribution < 1.29 is 27.5 Å². The van der Waals surface area contributed by atoms with Crippen molar-refractivity contribution in [3.63, 3.8) is 0 Å². The molecule has 0 aliphatic rings. The molecule has 0 bridgehead atoms. The molecule has 6 nitrogen and oxygen atoms in total. The summed E-state index contributed by atoms with van der Waals surface area (Å²) in [4.78, 5) is 20.3. The van der Waals surface area contributed by atoms with Gasteiger partial charge in [0.1, 0.15) is 11.6 Å². The Labute approximate surface area is 238 Å². The van der Waals surface area contributed by atoms with Gasteiger partial charge in [0.25, 0.3) is 0 Å². The lowest BCUT2D eigenvalue weighted by atomic mass is 10.0. The summed E-state index contributed by atoms with van der Waals surface area (Å²) in [5, 5.41) is 11.6. The third kappa shape index (κ3) is 6.84. The highest BCUT2D eigenvalue weighted by Crippen LogP contribution is 2.27. The van der Waals surface area contributed by atoms with Crippen LogP contribution in [0.1, 0.15) is 11.1 Å². The monoisotopic (exact) mass is 574 g/mol. The number of hydrogen-bond donors (Lipinski definition) is 4. The Morgan fingerprint density at radius 1 is 0.857 bits per heavy atom. The summed E-state index contributed by atoms with van der Waals surface area (Å²) in [6.07, 6.45) is -2.27. The number of aromatic amines is 2. The summed E-state index contributed by atoms with van der Waals surface area (Å²) in [6.45, 7) is 1.61. The van der Waals surface area contributed by atoms with Crippen LogP contribution in [0.2, 0.25) is 0 Å². The maximum Gasteiger partial charge on any atom is 0.490 e. The van der Waals surface area contributed by atoms with Gasteiger partial charge in [0.05, 0.1) is 11.0 Å². The van der Waals surface area contributed by atoms with Gasteiger partial charge in [-0.2, -0.15) is 13.2 Å².